The number of rotatable bonds is 5. The molecule has 1 aromatic heterocycles. The van der Waals surface area contributed by atoms with E-state index in [-0.39, 0.29) is 0 Å². The van der Waals surface area contributed by atoms with E-state index in [1.165, 1.54) is 0 Å². The van der Waals surface area contributed by atoms with Crippen molar-refractivity contribution >= 4 is 11.6 Å². The number of benzene rings is 1. The van der Waals surface area contributed by atoms with Crippen LogP contribution in [-0.4, -0.2) is 29.2 Å². The molecule has 6 heteroatoms. The Kier molecular flexibility index (Phi) is 4.04. The standard InChI is InChI=1S/C12H14ClN3O2/c1-17-11-3-4-12(18-2)9(5-11)7-16-8-10(6-13)14-15-16/h3-5,8H,6-7H2,1-2H3. The summed E-state index contributed by atoms with van der Waals surface area (Å²) in [4.78, 5) is 0. The van der Waals surface area contributed by atoms with Crippen LogP contribution in [0.25, 0.3) is 0 Å². The number of alkyl halides is 1. The lowest BCUT2D eigenvalue weighted by atomic mass is 10.2. The minimum atomic E-state index is 0.356. The minimum Gasteiger partial charge on any atom is -0.497 e. The largest absolute Gasteiger partial charge is 0.497 e. The molecule has 0 saturated heterocycles. The molecule has 0 spiro atoms. The first-order valence-electron chi connectivity index (χ1n) is 5.42. The molecule has 0 aliphatic rings. The Balaban J connectivity index is 2.25. The molecule has 0 fully saturated rings. The maximum absolute atomic E-state index is 5.69. The van der Waals surface area contributed by atoms with Gasteiger partial charge in [0.25, 0.3) is 0 Å². The van der Waals surface area contributed by atoms with Crippen LogP contribution in [0.4, 0.5) is 0 Å². The number of halogens is 1. The third kappa shape index (κ3) is 2.73. The molecule has 0 bridgehead atoms. The number of methoxy groups -OCH3 is 2. The SMILES string of the molecule is COc1ccc(OC)c(Cn2cc(CCl)nn2)c1. The highest BCUT2D eigenvalue weighted by Gasteiger charge is 2.07. The van der Waals surface area contributed by atoms with Gasteiger partial charge < -0.3 is 9.47 Å². The van der Waals surface area contributed by atoms with Crippen LogP contribution < -0.4 is 9.47 Å². The van der Waals surface area contributed by atoms with Crippen LogP contribution in [0.15, 0.2) is 24.4 Å². The summed E-state index contributed by atoms with van der Waals surface area (Å²) in [6, 6.07) is 5.64. The average Bonchev–Trinajstić information content (AvgIpc) is 2.86. The molecule has 1 aromatic carbocycles. The molecule has 18 heavy (non-hydrogen) atoms. The van der Waals surface area contributed by atoms with E-state index in [1.807, 2.05) is 24.4 Å². The summed E-state index contributed by atoms with van der Waals surface area (Å²) in [5, 5.41) is 7.94. The van der Waals surface area contributed by atoms with Gasteiger partial charge in [0.15, 0.2) is 0 Å². The Bertz CT molecular complexity index is 528. The van der Waals surface area contributed by atoms with Crippen LogP contribution >= 0.6 is 11.6 Å². The highest BCUT2D eigenvalue weighted by Crippen LogP contribution is 2.24. The van der Waals surface area contributed by atoms with Crippen molar-refractivity contribution in [3.8, 4) is 11.5 Å². The highest BCUT2D eigenvalue weighted by molar-refractivity contribution is 6.16. The summed E-state index contributed by atoms with van der Waals surface area (Å²) < 4.78 is 12.2. The van der Waals surface area contributed by atoms with Crippen molar-refractivity contribution in [2.24, 2.45) is 0 Å². The van der Waals surface area contributed by atoms with Crippen LogP contribution in [0.1, 0.15) is 11.3 Å². The number of hydrogen-bond acceptors (Lipinski definition) is 4. The Morgan fingerprint density at radius 1 is 1.28 bits per heavy atom. The molecule has 0 saturated carbocycles. The topological polar surface area (TPSA) is 49.2 Å². The molecule has 2 aromatic rings. The van der Waals surface area contributed by atoms with Gasteiger partial charge in [-0.3, -0.25) is 0 Å². The quantitative estimate of drug-likeness (QED) is 0.779. The molecule has 0 aliphatic carbocycles. The third-order valence-corrected chi connectivity index (χ3v) is 2.82. The van der Waals surface area contributed by atoms with Gasteiger partial charge in [-0.15, -0.1) is 16.7 Å². The summed E-state index contributed by atoms with van der Waals surface area (Å²) >= 11 is 5.69. The van der Waals surface area contributed by atoms with Crippen LogP contribution in [0.3, 0.4) is 0 Å². The zero-order chi connectivity index (χ0) is 13.0. The molecule has 0 N–H and O–H groups in total. The summed E-state index contributed by atoms with van der Waals surface area (Å²) in [7, 11) is 3.27. The molecule has 0 amide bonds. The molecule has 0 aliphatic heterocycles. The predicted octanol–water partition coefficient (Wildman–Crippen LogP) is 2.08. The van der Waals surface area contributed by atoms with Gasteiger partial charge in [-0.25, -0.2) is 4.68 Å². The zero-order valence-corrected chi connectivity index (χ0v) is 11.0. The molecule has 96 valence electrons. The van der Waals surface area contributed by atoms with Crippen molar-refractivity contribution in [3.05, 3.63) is 35.7 Å². The van der Waals surface area contributed by atoms with Crippen molar-refractivity contribution in [1.29, 1.82) is 0 Å². The molecule has 2 rings (SSSR count). The molecule has 0 radical (unpaired) electrons. The van der Waals surface area contributed by atoms with Gasteiger partial charge in [-0.1, -0.05) is 5.21 Å². The fourth-order valence-corrected chi connectivity index (χ4v) is 1.78. The fraction of sp³-hybridized carbons (Fsp3) is 0.333. The fourth-order valence-electron chi connectivity index (χ4n) is 1.66. The second-order valence-electron chi connectivity index (χ2n) is 3.72. The van der Waals surface area contributed by atoms with E-state index in [2.05, 4.69) is 10.3 Å². The summed E-state index contributed by atoms with van der Waals surface area (Å²) in [6.45, 7) is 0.560. The van der Waals surface area contributed by atoms with Gasteiger partial charge in [0.2, 0.25) is 0 Å². The van der Waals surface area contributed by atoms with Gasteiger partial charge in [0.1, 0.15) is 11.5 Å². The van der Waals surface area contributed by atoms with Crippen LogP contribution in [0, 0.1) is 0 Å². The Labute approximate surface area is 110 Å². The first-order chi connectivity index (χ1) is 8.76. The molecule has 5 nitrogen and oxygen atoms in total. The van der Waals surface area contributed by atoms with Crippen molar-refractivity contribution in [2.75, 3.05) is 14.2 Å². The van der Waals surface area contributed by atoms with Gasteiger partial charge in [0, 0.05) is 5.56 Å². The van der Waals surface area contributed by atoms with Crippen molar-refractivity contribution in [3.63, 3.8) is 0 Å². The third-order valence-electron chi connectivity index (χ3n) is 2.54. The van der Waals surface area contributed by atoms with E-state index in [0.717, 1.165) is 22.8 Å². The Hall–Kier alpha value is -1.75. The second-order valence-corrected chi connectivity index (χ2v) is 3.99. The van der Waals surface area contributed by atoms with Gasteiger partial charge in [-0.2, -0.15) is 0 Å². The van der Waals surface area contributed by atoms with Crippen molar-refractivity contribution in [2.45, 2.75) is 12.4 Å². The van der Waals surface area contributed by atoms with E-state index in [0.29, 0.717) is 12.4 Å². The lowest BCUT2D eigenvalue weighted by Gasteiger charge is -2.10. The number of hydrogen-bond donors (Lipinski definition) is 0. The summed E-state index contributed by atoms with van der Waals surface area (Å²) in [5.74, 6) is 1.93. The van der Waals surface area contributed by atoms with Crippen molar-refractivity contribution < 1.29 is 9.47 Å². The maximum atomic E-state index is 5.69. The van der Waals surface area contributed by atoms with E-state index < -0.39 is 0 Å². The minimum absolute atomic E-state index is 0.356. The molecule has 1 heterocycles. The molecule has 0 unspecified atom stereocenters. The van der Waals surface area contributed by atoms with Gasteiger partial charge in [-0.05, 0) is 18.2 Å². The zero-order valence-electron chi connectivity index (χ0n) is 10.3. The number of ether oxygens (including phenoxy) is 2. The number of aromatic nitrogens is 3. The lowest BCUT2D eigenvalue weighted by Crippen LogP contribution is -2.03. The van der Waals surface area contributed by atoms with Crippen molar-refractivity contribution in [1.82, 2.24) is 15.0 Å². The maximum Gasteiger partial charge on any atom is 0.124 e. The first kappa shape index (κ1) is 12.7. The smallest absolute Gasteiger partial charge is 0.124 e. The van der Waals surface area contributed by atoms with Crippen LogP contribution in [-0.2, 0) is 12.4 Å². The Morgan fingerprint density at radius 3 is 2.72 bits per heavy atom. The molecular formula is C12H14ClN3O2. The van der Waals surface area contributed by atoms with E-state index >= 15 is 0 Å². The van der Waals surface area contributed by atoms with E-state index in [4.69, 9.17) is 21.1 Å². The van der Waals surface area contributed by atoms with E-state index in [1.54, 1.807) is 18.9 Å². The lowest BCUT2D eigenvalue weighted by molar-refractivity contribution is 0.396. The summed E-state index contributed by atoms with van der Waals surface area (Å²) in [5.41, 5.74) is 1.72. The first-order valence-corrected chi connectivity index (χ1v) is 5.96. The average molecular weight is 268 g/mol. The molecular weight excluding hydrogens is 254 g/mol. The monoisotopic (exact) mass is 267 g/mol. The molecule has 0 atom stereocenters. The normalized spacial score (nSPS) is 10.4. The highest BCUT2D eigenvalue weighted by atomic mass is 35.5. The number of nitrogens with zero attached hydrogens (tertiary/aromatic N) is 3. The predicted molar refractivity (Wildman–Crippen MR) is 68.2 cm³/mol. The summed E-state index contributed by atoms with van der Waals surface area (Å²) in [6.07, 6.45) is 1.81. The van der Waals surface area contributed by atoms with Gasteiger partial charge >= 0.3 is 0 Å². The Morgan fingerprint density at radius 2 is 2.11 bits per heavy atom. The van der Waals surface area contributed by atoms with Crippen LogP contribution in [0.5, 0.6) is 11.5 Å². The van der Waals surface area contributed by atoms with Crippen LogP contribution in [0.2, 0.25) is 0 Å². The second kappa shape index (κ2) is 5.73. The van der Waals surface area contributed by atoms with Gasteiger partial charge in [0.05, 0.1) is 38.5 Å². The van der Waals surface area contributed by atoms with E-state index in [9.17, 15) is 0 Å².